The lowest BCUT2D eigenvalue weighted by Gasteiger charge is -2.50. The van der Waals surface area contributed by atoms with Crippen LogP contribution in [0.15, 0.2) is 24.0 Å². The largest absolute Gasteiger partial charge is 0.512 e. The van der Waals surface area contributed by atoms with Gasteiger partial charge in [-0.1, -0.05) is 26.5 Å². The van der Waals surface area contributed by atoms with Crippen LogP contribution in [0.5, 0.6) is 0 Å². The number of likely N-dealkylation sites (tertiary alicyclic amines) is 1. The monoisotopic (exact) mass is 221 g/mol. The van der Waals surface area contributed by atoms with E-state index >= 15 is 0 Å². The van der Waals surface area contributed by atoms with E-state index in [2.05, 4.69) is 32.4 Å². The Hall–Kier alpha value is -0.760. The molecule has 0 spiro atoms. The fraction of sp³-hybridized carbons (Fsp3) is 0.714. The maximum atomic E-state index is 10.2. The molecule has 16 heavy (non-hydrogen) atoms. The molecular formula is C14H23NO. The first-order valence-corrected chi connectivity index (χ1v) is 6.21. The van der Waals surface area contributed by atoms with E-state index in [4.69, 9.17) is 0 Å². The third-order valence-corrected chi connectivity index (χ3v) is 4.55. The van der Waals surface area contributed by atoms with Crippen LogP contribution in [0.25, 0.3) is 0 Å². The van der Waals surface area contributed by atoms with Crippen molar-refractivity contribution < 1.29 is 5.11 Å². The van der Waals surface area contributed by atoms with Gasteiger partial charge in [-0.2, -0.15) is 0 Å². The van der Waals surface area contributed by atoms with Gasteiger partial charge in [0.15, 0.2) is 0 Å². The van der Waals surface area contributed by atoms with Crippen LogP contribution in [0.4, 0.5) is 0 Å². The van der Waals surface area contributed by atoms with E-state index in [0.717, 1.165) is 25.1 Å². The van der Waals surface area contributed by atoms with Crippen molar-refractivity contribution in [3.63, 3.8) is 0 Å². The molecule has 2 nitrogen and oxygen atoms in total. The van der Waals surface area contributed by atoms with Crippen LogP contribution >= 0.6 is 0 Å². The number of nitrogens with zero attached hydrogens (tertiary/aromatic N) is 1. The van der Waals surface area contributed by atoms with Gasteiger partial charge in [0, 0.05) is 12.5 Å². The zero-order valence-electron chi connectivity index (χ0n) is 10.7. The minimum absolute atomic E-state index is 0.292. The fourth-order valence-electron chi connectivity index (χ4n) is 3.75. The molecule has 0 aromatic heterocycles. The quantitative estimate of drug-likeness (QED) is 0.736. The second-order valence-corrected chi connectivity index (χ2v) is 5.87. The van der Waals surface area contributed by atoms with E-state index in [9.17, 15) is 5.11 Å². The molecule has 1 aliphatic heterocycles. The van der Waals surface area contributed by atoms with Crippen molar-refractivity contribution >= 4 is 0 Å². The Morgan fingerprint density at radius 3 is 2.88 bits per heavy atom. The molecule has 2 aliphatic rings. The average Bonchev–Trinajstić information content (AvgIpc) is 2.23. The molecule has 3 unspecified atom stereocenters. The maximum Gasteiger partial charge on any atom is 0.0985 e. The van der Waals surface area contributed by atoms with Crippen molar-refractivity contribution in [3.8, 4) is 0 Å². The number of fused-ring (bicyclic) bond motifs is 1. The number of hydrogen-bond acceptors (Lipinski definition) is 2. The number of rotatable bonds is 1. The Morgan fingerprint density at radius 1 is 1.56 bits per heavy atom. The maximum absolute atomic E-state index is 10.2. The van der Waals surface area contributed by atoms with Crippen molar-refractivity contribution in [1.29, 1.82) is 0 Å². The molecule has 1 saturated heterocycles. The number of allylic oxidation sites excluding steroid dienone is 3. The summed E-state index contributed by atoms with van der Waals surface area (Å²) in [4.78, 5) is 2.41. The highest BCUT2D eigenvalue weighted by atomic mass is 16.3. The van der Waals surface area contributed by atoms with Crippen molar-refractivity contribution in [2.24, 2.45) is 17.3 Å². The van der Waals surface area contributed by atoms with Gasteiger partial charge in [0.1, 0.15) is 0 Å². The first-order chi connectivity index (χ1) is 7.48. The summed E-state index contributed by atoms with van der Waals surface area (Å²) in [5.74, 6) is 1.50. The zero-order chi connectivity index (χ0) is 11.9. The molecule has 0 bridgehead atoms. The van der Waals surface area contributed by atoms with Crippen molar-refractivity contribution in [1.82, 2.24) is 4.90 Å². The van der Waals surface area contributed by atoms with E-state index in [0.29, 0.717) is 23.0 Å². The van der Waals surface area contributed by atoms with Crippen LogP contribution in [-0.2, 0) is 0 Å². The van der Waals surface area contributed by atoms with Crippen molar-refractivity contribution in [2.45, 2.75) is 26.7 Å². The average molecular weight is 221 g/mol. The Morgan fingerprint density at radius 2 is 2.25 bits per heavy atom. The topological polar surface area (TPSA) is 23.5 Å². The van der Waals surface area contributed by atoms with E-state index in [-0.39, 0.29) is 0 Å². The molecule has 0 saturated carbocycles. The van der Waals surface area contributed by atoms with Crippen LogP contribution in [0.2, 0.25) is 0 Å². The van der Waals surface area contributed by atoms with Crippen LogP contribution in [0.1, 0.15) is 26.7 Å². The first kappa shape index (κ1) is 11.7. The Bertz CT molecular complexity index is 334. The molecule has 1 N–H and O–H groups in total. The highest BCUT2D eigenvalue weighted by Crippen LogP contribution is 2.50. The number of hydrogen-bond donors (Lipinski definition) is 1. The lowest BCUT2D eigenvalue weighted by molar-refractivity contribution is 0.0101. The summed E-state index contributed by atoms with van der Waals surface area (Å²) in [5, 5.41) is 10.2. The third kappa shape index (κ3) is 1.69. The SMILES string of the molecule is C=CC1=C(O)C(C)C2CCN(C)CC2(C)C1. The predicted molar refractivity (Wildman–Crippen MR) is 67.3 cm³/mol. The molecular weight excluding hydrogens is 198 g/mol. The number of aliphatic hydroxyl groups is 1. The van der Waals surface area contributed by atoms with Gasteiger partial charge in [-0.05, 0) is 43.3 Å². The van der Waals surface area contributed by atoms with Gasteiger partial charge in [-0.25, -0.2) is 0 Å². The summed E-state index contributed by atoms with van der Waals surface area (Å²) in [5.41, 5.74) is 1.36. The lowest BCUT2D eigenvalue weighted by atomic mass is 9.60. The fourth-order valence-corrected chi connectivity index (χ4v) is 3.75. The number of aliphatic hydroxyl groups excluding tert-OH is 1. The summed E-state index contributed by atoms with van der Waals surface area (Å²) in [6.07, 6.45) is 4.01. The first-order valence-electron chi connectivity index (χ1n) is 6.21. The summed E-state index contributed by atoms with van der Waals surface area (Å²) in [6.45, 7) is 10.6. The normalized spacial score (nSPS) is 40.7. The molecule has 2 heteroatoms. The Balaban J connectivity index is 2.34. The van der Waals surface area contributed by atoms with Gasteiger partial charge >= 0.3 is 0 Å². The van der Waals surface area contributed by atoms with Gasteiger partial charge in [0.2, 0.25) is 0 Å². The summed E-state index contributed by atoms with van der Waals surface area (Å²) in [7, 11) is 2.19. The standard InChI is InChI=1S/C14H23NO/c1-5-11-8-14(3)9-15(4)7-6-12(14)10(2)13(11)16/h5,10,12,16H,1,6-9H2,2-4H3. The summed E-state index contributed by atoms with van der Waals surface area (Å²) < 4.78 is 0. The van der Waals surface area contributed by atoms with Gasteiger partial charge in [-0.3, -0.25) is 0 Å². The minimum Gasteiger partial charge on any atom is -0.512 e. The highest BCUT2D eigenvalue weighted by Gasteiger charge is 2.46. The van der Waals surface area contributed by atoms with Crippen LogP contribution in [0, 0.1) is 17.3 Å². The molecule has 0 aromatic carbocycles. The van der Waals surface area contributed by atoms with Crippen molar-refractivity contribution in [2.75, 3.05) is 20.1 Å². The van der Waals surface area contributed by atoms with E-state index in [1.54, 1.807) is 0 Å². The summed E-state index contributed by atoms with van der Waals surface area (Å²) in [6, 6.07) is 0. The molecule has 1 aliphatic carbocycles. The van der Waals surface area contributed by atoms with Crippen LogP contribution < -0.4 is 0 Å². The number of piperidine rings is 1. The van der Waals surface area contributed by atoms with Crippen molar-refractivity contribution in [3.05, 3.63) is 24.0 Å². The second-order valence-electron chi connectivity index (χ2n) is 5.87. The molecule has 0 amide bonds. The Kier molecular flexibility index (Phi) is 2.87. The van der Waals surface area contributed by atoms with Crippen LogP contribution in [0.3, 0.4) is 0 Å². The smallest absolute Gasteiger partial charge is 0.0985 e. The van der Waals surface area contributed by atoms with E-state index in [1.807, 2.05) is 6.08 Å². The van der Waals surface area contributed by atoms with Gasteiger partial charge < -0.3 is 10.0 Å². The van der Waals surface area contributed by atoms with Gasteiger partial charge in [-0.15, -0.1) is 0 Å². The molecule has 0 radical (unpaired) electrons. The van der Waals surface area contributed by atoms with Gasteiger partial charge in [0.25, 0.3) is 0 Å². The molecule has 1 heterocycles. The Labute approximate surface area is 98.6 Å². The van der Waals surface area contributed by atoms with E-state index in [1.165, 1.54) is 6.42 Å². The van der Waals surface area contributed by atoms with E-state index < -0.39 is 0 Å². The molecule has 0 aromatic rings. The predicted octanol–water partition coefficient (Wildman–Crippen LogP) is 2.98. The third-order valence-electron chi connectivity index (χ3n) is 4.55. The minimum atomic E-state index is 0.292. The molecule has 1 fully saturated rings. The van der Waals surface area contributed by atoms with Crippen LogP contribution in [-0.4, -0.2) is 30.1 Å². The highest BCUT2D eigenvalue weighted by molar-refractivity contribution is 5.28. The molecule has 3 atom stereocenters. The lowest BCUT2D eigenvalue weighted by Crippen LogP contribution is -2.50. The van der Waals surface area contributed by atoms with Gasteiger partial charge in [0.05, 0.1) is 5.76 Å². The second kappa shape index (κ2) is 3.92. The summed E-state index contributed by atoms with van der Waals surface area (Å²) >= 11 is 0. The zero-order valence-corrected chi connectivity index (χ0v) is 10.7. The molecule has 2 rings (SSSR count). The molecule has 90 valence electrons.